The molecule has 0 spiro atoms. The highest BCUT2D eigenvalue weighted by molar-refractivity contribution is 8.09. The van der Waals surface area contributed by atoms with E-state index >= 15 is 0 Å². The average molecular weight is 800 g/mol. The van der Waals surface area contributed by atoms with Crippen LogP contribution < -0.4 is 4.90 Å². The van der Waals surface area contributed by atoms with E-state index in [0.29, 0.717) is 0 Å². The third kappa shape index (κ3) is 9.17. The lowest BCUT2D eigenvalue weighted by Crippen LogP contribution is -2.24. The number of benzene rings is 6. The molecule has 8 aromatic rings. The van der Waals surface area contributed by atoms with Crippen molar-refractivity contribution in [1.82, 2.24) is 0 Å². The number of rotatable bonds is 12. The van der Waals surface area contributed by atoms with Gasteiger partial charge in [0.1, 0.15) is 0 Å². The first-order chi connectivity index (χ1) is 28.7. The van der Waals surface area contributed by atoms with Gasteiger partial charge in [-0.05, 0) is 80.8 Å². The van der Waals surface area contributed by atoms with Crippen LogP contribution >= 0.6 is 34.4 Å². The Kier molecular flexibility index (Phi) is 11.6. The standard InChI is InChI=1S/C54H41NS3/c1-4-10-40(11-5-1)16-19-43-22-28-46(29-23-43)49-34-37-52(56-49)55(53-38-35-50(57-53)47-30-24-44(25-31-47)20-17-41-12-6-2-7-13-41)54-39-36-51(58-54)48-32-26-45(27-33-48)21-18-42-14-8-3-9-15-42/h1-38,54H,39H2/b19-16+,20-17+,21-18+. The van der Waals surface area contributed by atoms with Crippen LogP contribution in [-0.4, -0.2) is 5.37 Å². The SMILES string of the molecule is C1=C(c2ccc(/C=C/c3ccccc3)cc2)SC(N(c2ccc(-c3ccc(/C=C/c4ccccc4)cc3)s2)c2ccc(-c3ccc(/C=C/c4ccccc4)cc3)s2)C1. The highest BCUT2D eigenvalue weighted by atomic mass is 32.2. The highest BCUT2D eigenvalue weighted by Crippen LogP contribution is 2.50. The molecule has 0 bridgehead atoms. The molecule has 1 aliphatic rings. The second-order valence-electron chi connectivity index (χ2n) is 14.1. The molecule has 0 N–H and O–H groups in total. The largest absolute Gasteiger partial charge is 0.312 e. The van der Waals surface area contributed by atoms with Gasteiger partial charge in [0.25, 0.3) is 0 Å². The van der Waals surface area contributed by atoms with Gasteiger partial charge in [0, 0.05) is 14.7 Å². The Bertz CT molecular complexity index is 2550. The van der Waals surface area contributed by atoms with Crippen molar-refractivity contribution in [2.75, 3.05) is 4.90 Å². The lowest BCUT2D eigenvalue weighted by atomic mass is 10.1. The molecule has 1 unspecified atom stereocenters. The van der Waals surface area contributed by atoms with E-state index in [1.807, 2.05) is 34.4 Å². The lowest BCUT2D eigenvalue weighted by Gasteiger charge is -2.28. The smallest absolute Gasteiger partial charge is 0.0975 e. The van der Waals surface area contributed by atoms with Gasteiger partial charge in [-0.25, -0.2) is 0 Å². The Morgan fingerprint density at radius 2 is 0.707 bits per heavy atom. The molecule has 0 amide bonds. The van der Waals surface area contributed by atoms with Gasteiger partial charge in [0.05, 0.1) is 15.4 Å². The van der Waals surface area contributed by atoms with E-state index in [9.17, 15) is 0 Å². The van der Waals surface area contributed by atoms with Crippen molar-refractivity contribution in [3.8, 4) is 20.9 Å². The minimum atomic E-state index is 0.238. The van der Waals surface area contributed by atoms with E-state index in [0.717, 1.165) is 6.42 Å². The fraction of sp³-hybridized carbons (Fsp3) is 0.0370. The van der Waals surface area contributed by atoms with Gasteiger partial charge in [0.2, 0.25) is 0 Å². The molecule has 9 rings (SSSR count). The first-order valence-corrected chi connectivity index (χ1v) is 22.1. The van der Waals surface area contributed by atoms with Crippen molar-refractivity contribution in [2.24, 2.45) is 0 Å². The summed E-state index contributed by atoms with van der Waals surface area (Å²) >= 11 is 5.70. The summed E-state index contributed by atoms with van der Waals surface area (Å²) < 4.78 is 0. The molecule has 280 valence electrons. The van der Waals surface area contributed by atoms with Gasteiger partial charge in [-0.2, -0.15) is 0 Å². The monoisotopic (exact) mass is 799 g/mol. The molecule has 1 aliphatic heterocycles. The molecule has 58 heavy (non-hydrogen) atoms. The summed E-state index contributed by atoms with van der Waals surface area (Å²) in [6.45, 7) is 0. The van der Waals surface area contributed by atoms with Crippen molar-refractivity contribution in [3.05, 3.63) is 233 Å². The topological polar surface area (TPSA) is 3.24 Å². The Balaban J connectivity index is 0.957. The second-order valence-corrected chi connectivity index (χ2v) is 17.5. The third-order valence-corrected chi connectivity index (χ3v) is 13.7. The van der Waals surface area contributed by atoms with Crippen molar-refractivity contribution in [1.29, 1.82) is 0 Å². The van der Waals surface area contributed by atoms with E-state index in [1.54, 1.807) is 0 Å². The number of thioether (sulfide) groups is 1. The van der Waals surface area contributed by atoms with Gasteiger partial charge in [0.15, 0.2) is 0 Å². The fourth-order valence-electron chi connectivity index (χ4n) is 6.96. The van der Waals surface area contributed by atoms with Crippen LogP contribution in [0.2, 0.25) is 0 Å². The van der Waals surface area contributed by atoms with Gasteiger partial charge >= 0.3 is 0 Å². The predicted molar refractivity (Wildman–Crippen MR) is 258 cm³/mol. The third-order valence-electron chi connectivity index (χ3n) is 10.1. The molecule has 2 aromatic heterocycles. The summed E-state index contributed by atoms with van der Waals surface area (Å²) in [6, 6.07) is 67.4. The first-order valence-electron chi connectivity index (χ1n) is 19.6. The summed E-state index contributed by atoms with van der Waals surface area (Å²) in [5, 5.41) is 2.75. The minimum Gasteiger partial charge on any atom is -0.312 e. The maximum atomic E-state index is 2.57. The zero-order valence-electron chi connectivity index (χ0n) is 31.9. The van der Waals surface area contributed by atoms with Gasteiger partial charge in [-0.1, -0.05) is 206 Å². The molecule has 1 nitrogen and oxygen atoms in total. The van der Waals surface area contributed by atoms with Crippen LogP contribution in [0.3, 0.4) is 0 Å². The van der Waals surface area contributed by atoms with Crippen molar-refractivity contribution >= 4 is 85.8 Å². The van der Waals surface area contributed by atoms with E-state index in [2.05, 4.69) is 235 Å². The van der Waals surface area contributed by atoms with Crippen LogP contribution in [0, 0.1) is 0 Å². The molecular formula is C54H41NS3. The van der Waals surface area contributed by atoms with Crippen LogP contribution in [0.1, 0.15) is 45.4 Å². The average Bonchev–Trinajstić information content (AvgIpc) is 4.10. The Morgan fingerprint density at radius 1 is 0.362 bits per heavy atom. The number of anilines is 2. The predicted octanol–water partition coefficient (Wildman–Crippen LogP) is 16.3. The van der Waals surface area contributed by atoms with Crippen molar-refractivity contribution in [2.45, 2.75) is 11.8 Å². The Hall–Kier alpha value is -6.17. The first kappa shape index (κ1) is 37.4. The lowest BCUT2D eigenvalue weighted by molar-refractivity contribution is 0.908. The van der Waals surface area contributed by atoms with Crippen LogP contribution in [0.15, 0.2) is 194 Å². The van der Waals surface area contributed by atoms with Crippen LogP contribution in [0.25, 0.3) is 62.2 Å². The van der Waals surface area contributed by atoms with Gasteiger partial charge in [-0.15, -0.1) is 34.4 Å². The quantitative estimate of drug-likeness (QED) is 0.113. The summed E-state index contributed by atoms with van der Waals surface area (Å²) in [4.78, 5) is 6.44. The molecular weight excluding hydrogens is 759 g/mol. The zero-order chi connectivity index (χ0) is 38.9. The molecule has 0 radical (unpaired) electrons. The number of nitrogens with zero attached hydrogens (tertiary/aromatic N) is 1. The van der Waals surface area contributed by atoms with E-state index in [1.165, 1.54) is 74.7 Å². The molecule has 0 aliphatic carbocycles. The summed E-state index contributed by atoms with van der Waals surface area (Å²) in [5.41, 5.74) is 10.9. The van der Waals surface area contributed by atoms with Gasteiger partial charge in [-0.3, -0.25) is 0 Å². The van der Waals surface area contributed by atoms with E-state index in [-0.39, 0.29) is 5.37 Å². The molecule has 0 fully saturated rings. The molecule has 1 atom stereocenters. The van der Waals surface area contributed by atoms with E-state index < -0.39 is 0 Å². The number of thiophene rings is 2. The van der Waals surface area contributed by atoms with Crippen molar-refractivity contribution < 1.29 is 0 Å². The molecule has 0 saturated carbocycles. The highest BCUT2D eigenvalue weighted by Gasteiger charge is 2.29. The summed E-state index contributed by atoms with van der Waals surface area (Å²) in [7, 11) is 0. The maximum absolute atomic E-state index is 2.57. The van der Waals surface area contributed by atoms with Crippen LogP contribution in [0.4, 0.5) is 10.0 Å². The van der Waals surface area contributed by atoms with E-state index in [4.69, 9.17) is 0 Å². The molecule has 6 aromatic carbocycles. The second kappa shape index (κ2) is 18.0. The normalized spacial score (nSPS) is 14.1. The fourth-order valence-corrected chi connectivity index (χ4v) is 10.6. The molecule has 4 heteroatoms. The summed E-state index contributed by atoms with van der Waals surface area (Å²) in [6.07, 6.45) is 16.4. The molecule has 3 heterocycles. The van der Waals surface area contributed by atoms with Gasteiger partial charge < -0.3 is 4.90 Å². The Morgan fingerprint density at radius 3 is 1.09 bits per heavy atom. The Labute approximate surface area is 354 Å². The zero-order valence-corrected chi connectivity index (χ0v) is 34.3. The number of hydrogen-bond donors (Lipinski definition) is 0. The van der Waals surface area contributed by atoms with Crippen LogP contribution in [-0.2, 0) is 0 Å². The maximum Gasteiger partial charge on any atom is 0.0975 e. The molecule has 0 saturated heterocycles. The van der Waals surface area contributed by atoms with Crippen molar-refractivity contribution in [3.63, 3.8) is 0 Å². The minimum absolute atomic E-state index is 0.238. The van der Waals surface area contributed by atoms with Crippen LogP contribution in [0.5, 0.6) is 0 Å². The summed E-state index contributed by atoms with van der Waals surface area (Å²) in [5.74, 6) is 0. The number of hydrogen-bond acceptors (Lipinski definition) is 4.